The van der Waals surface area contributed by atoms with Crippen molar-refractivity contribution >= 4 is 11.9 Å². The molecule has 1 heterocycles. The van der Waals surface area contributed by atoms with Gasteiger partial charge in [-0.05, 0) is 18.9 Å². The summed E-state index contributed by atoms with van der Waals surface area (Å²) in [6.45, 7) is 0. The molecule has 0 aliphatic heterocycles. The Morgan fingerprint density at radius 3 is 2.70 bits per heavy atom. The highest BCUT2D eigenvalue weighted by Crippen LogP contribution is 2.24. The summed E-state index contributed by atoms with van der Waals surface area (Å²) < 4.78 is 10.0. The van der Waals surface area contributed by atoms with E-state index in [0.717, 1.165) is 31.2 Å². The predicted molar refractivity (Wildman–Crippen MR) is 85.0 cm³/mol. The van der Waals surface area contributed by atoms with E-state index in [1.54, 1.807) is 12.3 Å². The summed E-state index contributed by atoms with van der Waals surface area (Å²) in [7, 11) is 2.85. The van der Waals surface area contributed by atoms with Crippen LogP contribution in [0.4, 0.5) is 0 Å². The number of nitrogens with one attached hydrogen (secondary N) is 1. The zero-order valence-corrected chi connectivity index (χ0v) is 13.7. The van der Waals surface area contributed by atoms with Gasteiger partial charge in [0.2, 0.25) is 11.8 Å². The van der Waals surface area contributed by atoms with Crippen LogP contribution in [0.1, 0.15) is 37.7 Å². The highest BCUT2D eigenvalue weighted by atomic mass is 16.5. The molecule has 1 aliphatic rings. The monoisotopic (exact) mass is 320 g/mol. The molecule has 126 valence electrons. The van der Waals surface area contributed by atoms with Crippen LogP contribution in [0.25, 0.3) is 0 Å². The van der Waals surface area contributed by atoms with Gasteiger partial charge >= 0.3 is 5.97 Å². The largest absolute Gasteiger partial charge is 0.481 e. The van der Waals surface area contributed by atoms with Crippen molar-refractivity contribution in [2.45, 2.75) is 44.6 Å². The number of carbonyl (C=O) groups excluding carboxylic acids is 2. The maximum atomic E-state index is 12.4. The first-order chi connectivity index (χ1) is 11.2. The number of amides is 1. The maximum Gasteiger partial charge on any atom is 0.328 e. The van der Waals surface area contributed by atoms with Gasteiger partial charge in [0.1, 0.15) is 6.04 Å². The van der Waals surface area contributed by atoms with Gasteiger partial charge in [0.15, 0.2) is 0 Å². The zero-order chi connectivity index (χ0) is 16.7. The Morgan fingerprint density at radius 2 is 2.04 bits per heavy atom. The van der Waals surface area contributed by atoms with Crippen LogP contribution >= 0.6 is 0 Å². The second-order valence-corrected chi connectivity index (χ2v) is 5.80. The number of carbonyl (C=O) groups is 2. The van der Waals surface area contributed by atoms with E-state index in [9.17, 15) is 9.59 Å². The minimum absolute atomic E-state index is 0.00769. The summed E-state index contributed by atoms with van der Waals surface area (Å²) in [4.78, 5) is 28.6. The highest BCUT2D eigenvalue weighted by Gasteiger charge is 2.28. The van der Waals surface area contributed by atoms with Crippen molar-refractivity contribution in [2.24, 2.45) is 5.92 Å². The Morgan fingerprint density at radius 1 is 1.30 bits per heavy atom. The molecule has 23 heavy (non-hydrogen) atoms. The summed E-state index contributed by atoms with van der Waals surface area (Å²) in [5, 5.41) is 2.84. The number of hydrogen-bond acceptors (Lipinski definition) is 5. The van der Waals surface area contributed by atoms with E-state index < -0.39 is 12.0 Å². The second-order valence-electron chi connectivity index (χ2n) is 5.80. The van der Waals surface area contributed by atoms with Crippen LogP contribution in [-0.4, -0.2) is 37.1 Å². The Balaban J connectivity index is 2.07. The molecule has 1 amide bonds. The smallest absolute Gasteiger partial charge is 0.328 e. The van der Waals surface area contributed by atoms with Crippen LogP contribution in [0.5, 0.6) is 5.88 Å². The van der Waals surface area contributed by atoms with E-state index in [-0.39, 0.29) is 11.8 Å². The molecule has 0 spiro atoms. The number of aromatic nitrogens is 1. The molecule has 1 atom stereocenters. The molecule has 1 aromatic heterocycles. The van der Waals surface area contributed by atoms with Crippen molar-refractivity contribution in [3.8, 4) is 5.88 Å². The van der Waals surface area contributed by atoms with Gasteiger partial charge in [-0.2, -0.15) is 0 Å². The van der Waals surface area contributed by atoms with Crippen LogP contribution in [-0.2, 0) is 20.7 Å². The van der Waals surface area contributed by atoms with Crippen LogP contribution in [0.15, 0.2) is 18.3 Å². The fourth-order valence-electron chi connectivity index (χ4n) is 2.97. The predicted octanol–water partition coefficient (Wildman–Crippen LogP) is 1.87. The molecule has 0 saturated heterocycles. The number of hydrogen-bond donors (Lipinski definition) is 1. The van der Waals surface area contributed by atoms with Crippen LogP contribution in [0.3, 0.4) is 0 Å². The van der Waals surface area contributed by atoms with Gasteiger partial charge in [-0.15, -0.1) is 0 Å². The lowest BCUT2D eigenvalue weighted by Gasteiger charge is -2.24. The van der Waals surface area contributed by atoms with Crippen LogP contribution in [0.2, 0.25) is 0 Å². The fraction of sp³-hybridized carbons (Fsp3) is 0.588. The standard InChI is InChI=1S/C17H24N2O4/c1-22-16-13(9-6-10-18-16)11-14(17(21)23-2)19-15(20)12-7-4-3-5-8-12/h6,9-10,12,14H,3-5,7-8,11H2,1-2H3,(H,19,20)/t14-/m0/s1. The van der Waals surface area contributed by atoms with Gasteiger partial charge in [0.25, 0.3) is 0 Å². The Kier molecular flexibility index (Phi) is 6.38. The molecular formula is C17H24N2O4. The Labute approximate surface area is 136 Å². The zero-order valence-electron chi connectivity index (χ0n) is 13.7. The van der Waals surface area contributed by atoms with Crippen molar-refractivity contribution in [1.82, 2.24) is 10.3 Å². The molecule has 0 aromatic carbocycles. The lowest BCUT2D eigenvalue weighted by Crippen LogP contribution is -2.45. The first-order valence-electron chi connectivity index (χ1n) is 8.01. The third-order valence-electron chi connectivity index (χ3n) is 4.25. The van der Waals surface area contributed by atoms with E-state index in [0.29, 0.717) is 12.3 Å². The molecule has 1 saturated carbocycles. The number of rotatable bonds is 6. The summed E-state index contributed by atoms with van der Waals surface area (Å²) in [6.07, 6.45) is 7.00. The van der Waals surface area contributed by atoms with Gasteiger partial charge in [-0.3, -0.25) is 4.79 Å². The summed E-state index contributed by atoms with van der Waals surface area (Å²) in [5.41, 5.74) is 0.759. The molecular weight excluding hydrogens is 296 g/mol. The van der Waals surface area contributed by atoms with E-state index in [4.69, 9.17) is 9.47 Å². The molecule has 1 N–H and O–H groups in total. The second kappa shape index (κ2) is 8.50. The van der Waals surface area contributed by atoms with E-state index in [2.05, 4.69) is 10.3 Å². The van der Waals surface area contributed by atoms with Gasteiger partial charge in [-0.25, -0.2) is 9.78 Å². The average molecular weight is 320 g/mol. The summed E-state index contributed by atoms with van der Waals surface area (Å²) in [6, 6.07) is 2.87. The topological polar surface area (TPSA) is 77.5 Å². The molecule has 0 unspecified atom stereocenters. The third kappa shape index (κ3) is 4.68. The molecule has 1 fully saturated rings. The molecule has 1 aliphatic carbocycles. The van der Waals surface area contributed by atoms with Gasteiger partial charge in [0.05, 0.1) is 14.2 Å². The summed E-state index contributed by atoms with van der Waals surface area (Å²) in [5.74, 6) is -0.0805. The molecule has 0 radical (unpaired) electrons. The van der Waals surface area contributed by atoms with Crippen molar-refractivity contribution in [2.75, 3.05) is 14.2 Å². The van der Waals surface area contributed by atoms with E-state index >= 15 is 0 Å². The minimum atomic E-state index is -0.729. The first kappa shape index (κ1) is 17.2. The third-order valence-corrected chi connectivity index (χ3v) is 4.25. The van der Waals surface area contributed by atoms with Gasteiger partial charge < -0.3 is 14.8 Å². The van der Waals surface area contributed by atoms with Crippen molar-refractivity contribution in [1.29, 1.82) is 0 Å². The van der Waals surface area contributed by atoms with Gasteiger partial charge in [0, 0.05) is 24.1 Å². The number of methoxy groups -OCH3 is 2. The Bertz CT molecular complexity index is 541. The number of pyridine rings is 1. The van der Waals surface area contributed by atoms with E-state index in [1.165, 1.54) is 20.6 Å². The Hall–Kier alpha value is -2.11. The van der Waals surface area contributed by atoms with Crippen LogP contribution < -0.4 is 10.1 Å². The summed E-state index contributed by atoms with van der Waals surface area (Å²) >= 11 is 0. The number of esters is 1. The first-order valence-corrected chi connectivity index (χ1v) is 8.01. The van der Waals surface area contributed by atoms with Gasteiger partial charge in [-0.1, -0.05) is 25.3 Å². The molecule has 0 bridgehead atoms. The molecule has 6 nitrogen and oxygen atoms in total. The quantitative estimate of drug-likeness (QED) is 0.810. The maximum absolute atomic E-state index is 12.4. The fourth-order valence-corrected chi connectivity index (χ4v) is 2.97. The molecule has 1 aromatic rings. The van der Waals surface area contributed by atoms with Crippen LogP contribution in [0, 0.1) is 5.92 Å². The SMILES string of the molecule is COC(=O)[C@H](Cc1cccnc1OC)NC(=O)C1CCCCC1. The lowest BCUT2D eigenvalue weighted by atomic mass is 9.88. The van der Waals surface area contributed by atoms with E-state index in [1.807, 2.05) is 6.07 Å². The molecule has 6 heteroatoms. The number of ether oxygens (including phenoxy) is 2. The van der Waals surface area contributed by atoms with Crippen molar-refractivity contribution in [3.05, 3.63) is 23.9 Å². The average Bonchev–Trinajstić information content (AvgIpc) is 2.61. The lowest BCUT2D eigenvalue weighted by molar-refractivity contribution is -0.145. The molecule has 2 rings (SSSR count). The van der Waals surface area contributed by atoms with Crippen molar-refractivity contribution < 1.29 is 19.1 Å². The highest BCUT2D eigenvalue weighted by molar-refractivity contribution is 5.86. The minimum Gasteiger partial charge on any atom is -0.481 e. The number of nitrogens with zero attached hydrogens (tertiary/aromatic N) is 1. The normalized spacial score (nSPS) is 16.4. The van der Waals surface area contributed by atoms with Crippen molar-refractivity contribution in [3.63, 3.8) is 0 Å².